The van der Waals surface area contributed by atoms with Gasteiger partial charge in [0, 0.05) is 40.1 Å². The van der Waals surface area contributed by atoms with Gasteiger partial charge in [-0.3, -0.25) is 19.0 Å². The molecule has 2 aromatic rings. The molecule has 23 heavy (non-hydrogen) atoms. The molecule has 0 aromatic carbocycles. The van der Waals surface area contributed by atoms with Crippen LogP contribution in [0.2, 0.25) is 0 Å². The van der Waals surface area contributed by atoms with Crippen LogP contribution in [0.5, 0.6) is 0 Å². The maximum Gasteiger partial charge on any atom is 0.271 e. The lowest BCUT2D eigenvalue weighted by atomic mass is 10.2. The number of nitrogens with zero attached hydrogens (tertiary/aromatic N) is 5. The number of likely N-dealkylation sites (N-methyl/N-ethyl adjacent to an activating group) is 1. The number of nitrogens with one attached hydrogen (secondary N) is 1. The number of carbonyl (C=O) groups is 2. The Kier molecular flexibility index (Phi) is 3.67. The number of hydrogen-bond acceptors (Lipinski definition) is 4. The van der Waals surface area contributed by atoms with Crippen molar-refractivity contribution in [3.8, 4) is 0 Å². The lowest BCUT2D eigenvalue weighted by Crippen LogP contribution is -2.47. The van der Waals surface area contributed by atoms with Gasteiger partial charge in [-0.25, -0.2) is 0 Å². The molecule has 1 saturated carbocycles. The second kappa shape index (κ2) is 5.53. The first-order valence-electron chi connectivity index (χ1n) is 7.46. The zero-order valence-electron chi connectivity index (χ0n) is 13.5. The second-order valence-corrected chi connectivity index (χ2v) is 6.08. The molecule has 1 aliphatic carbocycles. The lowest BCUT2D eigenvalue weighted by Gasteiger charge is -2.25. The molecule has 0 atom stereocenters. The van der Waals surface area contributed by atoms with Crippen molar-refractivity contribution in [1.29, 1.82) is 0 Å². The molecule has 0 unspecified atom stereocenters. The van der Waals surface area contributed by atoms with Crippen LogP contribution in [0.25, 0.3) is 0 Å². The standard InChI is InChI=1S/C15H20N6O2/c1-19(14(23)12-5-9-17-21(12)3)10-15(6-7-15)18-13(22)11-4-8-16-20(11)2/h4-5,8-9H,6-7,10H2,1-3H3,(H,18,22). The zero-order valence-corrected chi connectivity index (χ0v) is 13.5. The van der Waals surface area contributed by atoms with Gasteiger partial charge in [0.1, 0.15) is 11.4 Å². The Bertz CT molecular complexity index is 743. The fourth-order valence-electron chi connectivity index (χ4n) is 2.68. The van der Waals surface area contributed by atoms with Crippen molar-refractivity contribution in [3.05, 3.63) is 35.9 Å². The first kappa shape index (κ1) is 15.3. The van der Waals surface area contributed by atoms with E-state index in [1.54, 1.807) is 55.3 Å². The summed E-state index contributed by atoms with van der Waals surface area (Å²) in [6.45, 7) is 0.473. The minimum atomic E-state index is -0.343. The van der Waals surface area contributed by atoms with E-state index in [0.29, 0.717) is 17.9 Å². The molecular weight excluding hydrogens is 296 g/mol. The summed E-state index contributed by atoms with van der Waals surface area (Å²) < 4.78 is 3.09. The summed E-state index contributed by atoms with van der Waals surface area (Å²) in [5.41, 5.74) is 0.697. The number of aryl methyl sites for hydroxylation is 2. The van der Waals surface area contributed by atoms with Crippen LogP contribution in [0.15, 0.2) is 24.5 Å². The molecule has 8 heteroatoms. The summed E-state index contributed by atoms with van der Waals surface area (Å²) in [5, 5.41) is 11.1. The quantitative estimate of drug-likeness (QED) is 0.853. The van der Waals surface area contributed by atoms with Crippen molar-refractivity contribution in [3.63, 3.8) is 0 Å². The Morgan fingerprint density at radius 3 is 2.22 bits per heavy atom. The van der Waals surface area contributed by atoms with Crippen LogP contribution in [0.4, 0.5) is 0 Å². The van der Waals surface area contributed by atoms with Crippen LogP contribution >= 0.6 is 0 Å². The third-order valence-electron chi connectivity index (χ3n) is 4.21. The van der Waals surface area contributed by atoms with E-state index >= 15 is 0 Å². The summed E-state index contributed by atoms with van der Waals surface area (Å²) in [4.78, 5) is 26.4. The van der Waals surface area contributed by atoms with E-state index in [0.717, 1.165) is 12.8 Å². The van der Waals surface area contributed by atoms with Crippen molar-refractivity contribution in [1.82, 2.24) is 29.8 Å². The number of rotatable bonds is 5. The maximum absolute atomic E-state index is 12.4. The van der Waals surface area contributed by atoms with E-state index in [1.165, 1.54) is 4.68 Å². The van der Waals surface area contributed by atoms with Crippen molar-refractivity contribution in [2.75, 3.05) is 13.6 Å². The van der Waals surface area contributed by atoms with Gasteiger partial charge < -0.3 is 10.2 Å². The fourth-order valence-corrected chi connectivity index (χ4v) is 2.68. The molecule has 2 aromatic heterocycles. The Labute approximate surface area is 134 Å². The Hall–Kier alpha value is -2.64. The van der Waals surface area contributed by atoms with Gasteiger partial charge in [-0.15, -0.1) is 0 Å². The van der Waals surface area contributed by atoms with E-state index in [1.807, 2.05) is 0 Å². The Morgan fingerprint density at radius 1 is 1.17 bits per heavy atom. The Morgan fingerprint density at radius 2 is 1.74 bits per heavy atom. The first-order chi connectivity index (χ1) is 10.9. The average Bonchev–Trinajstić information content (AvgIpc) is 2.91. The molecule has 1 aliphatic rings. The highest BCUT2D eigenvalue weighted by Gasteiger charge is 2.46. The topological polar surface area (TPSA) is 85.1 Å². The smallest absolute Gasteiger partial charge is 0.271 e. The molecule has 0 radical (unpaired) electrons. The summed E-state index contributed by atoms with van der Waals surface area (Å²) in [6, 6.07) is 3.36. The van der Waals surface area contributed by atoms with Crippen LogP contribution in [-0.2, 0) is 14.1 Å². The molecule has 1 fully saturated rings. The van der Waals surface area contributed by atoms with Gasteiger partial charge in [-0.1, -0.05) is 0 Å². The van der Waals surface area contributed by atoms with Gasteiger partial charge in [-0.2, -0.15) is 10.2 Å². The van der Waals surface area contributed by atoms with Crippen LogP contribution in [0, 0.1) is 0 Å². The van der Waals surface area contributed by atoms with Crippen LogP contribution in [0.1, 0.15) is 33.8 Å². The molecule has 1 N–H and O–H groups in total. The summed E-state index contributed by atoms with van der Waals surface area (Å²) in [6.07, 6.45) is 4.91. The van der Waals surface area contributed by atoms with Crippen LogP contribution in [-0.4, -0.2) is 55.4 Å². The molecule has 0 spiro atoms. The molecule has 0 saturated heterocycles. The third kappa shape index (κ3) is 2.96. The summed E-state index contributed by atoms with van der Waals surface area (Å²) >= 11 is 0. The van der Waals surface area contributed by atoms with Gasteiger partial charge in [0.25, 0.3) is 11.8 Å². The largest absolute Gasteiger partial charge is 0.343 e. The summed E-state index contributed by atoms with van der Waals surface area (Å²) in [7, 11) is 5.20. The SMILES string of the molecule is CN(CC1(NC(=O)c2ccnn2C)CC1)C(=O)c1ccnn1C. The molecule has 2 heterocycles. The van der Waals surface area contributed by atoms with Gasteiger partial charge >= 0.3 is 0 Å². The van der Waals surface area contributed by atoms with E-state index in [2.05, 4.69) is 15.5 Å². The second-order valence-electron chi connectivity index (χ2n) is 6.08. The monoisotopic (exact) mass is 316 g/mol. The molecule has 0 aliphatic heterocycles. The van der Waals surface area contributed by atoms with E-state index in [-0.39, 0.29) is 17.4 Å². The van der Waals surface area contributed by atoms with Crippen LogP contribution in [0.3, 0.4) is 0 Å². The maximum atomic E-state index is 12.4. The number of carbonyl (C=O) groups excluding carboxylic acids is 2. The first-order valence-corrected chi connectivity index (χ1v) is 7.46. The van der Waals surface area contributed by atoms with Gasteiger partial charge in [-0.05, 0) is 25.0 Å². The third-order valence-corrected chi connectivity index (χ3v) is 4.21. The number of hydrogen-bond donors (Lipinski definition) is 1. The zero-order chi connectivity index (χ0) is 16.6. The van der Waals surface area contributed by atoms with Crippen LogP contribution < -0.4 is 5.32 Å². The predicted octanol–water partition coefficient (Wildman–Crippen LogP) is 0.188. The molecule has 0 bridgehead atoms. The highest BCUT2D eigenvalue weighted by atomic mass is 16.2. The summed E-state index contributed by atoms with van der Waals surface area (Å²) in [5.74, 6) is -0.269. The van der Waals surface area contributed by atoms with E-state index in [4.69, 9.17) is 0 Å². The molecule has 122 valence electrons. The normalized spacial score (nSPS) is 15.3. The minimum Gasteiger partial charge on any atom is -0.343 e. The minimum absolute atomic E-state index is 0.106. The fraction of sp³-hybridized carbons (Fsp3) is 0.467. The highest BCUT2D eigenvalue weighted by molar-refractivity contribution is 5.94. The molecule has 3 rings (SSSR count). The van der Waals surface area contributed by atoms with Gasteiger partial charge in [0.05, 0.1) is 5.54 Å². The van der Waals surface area contributed by atoms with Crippen molar-refractivity contribution >= 4 is 11.8 Å². The predicted molar refractivity (Wildman–Crippen MR) is 82.8 cm³/mol. The molecular formula is C15H20N6O2. The van der Waals surface area contributed by atoms with Gasteiger partial charge in [0.2, 0.25) is 0 Å². The molecule has 8 nitrogen and oxygen atoms in total. The molecule has 2 amide bonds. The average molecular weight is 316 g/mol. The highest BCUT2D eigenvalue weighted by Crippen LogP contribution is 2.36. The van der Waals surface area contributed by atoms with Crippen molar-refractivity contribution < 1.29 is 9.59 Å². The lowest BCUT2D eigenvalue weighted by molar-refractivity contribution is 0.0746. The van der Waals surface area contributed by atoms with Crippen molar-refractivity contribution in [2.45, 2.75) is 18.4 Å². The van der Waals surface area contributed by atoms with Crippen molar-refractivity contribution in [2.24, 2.45) is 14.1 Å². The van der Waals surface area contributed by atoms with Gasteiger partial charge in [0.15, 0.2) is 0 Å². The number of aromatic nitrogens is 4. The number of amides is 2. The van der Waals surface area contributed by atoms with E-state index < -0.39 is 0 Å². The Balaban J connectivity index is 1.65. The van der Waals surface area contributed by atoms with E-state index in [9.17, 15) is 9.59 Å².